The normalized spacial score (nSPS) is 19.0. The van der Waals surface area contributed by atoms with E-state index in [2.05, 4.69) is 0 Å². The van der Waals surface area contributed by atoms with Crippen LogP contribution >= 0.6 is 0 Å². The van der Waals surface area contributed by atoms with Gasteiger partial charge >= 0.3 is 18.3 Å². The van der Waals surface area contributed by atoms with Gasteiger partial charge in [0, 0.05) is 12.2 Å². The number of rotatable bonds is 0. The van der Waals surface area contributed by atoms with E-state index in [0.717, 1.165) is 0 Å². The van der Waals surface area contributed by atoms with E-state index in [9.17, 15) is 35.9 Å². The Bertz CT molecular complexity index is 661. The van der Waals surface area contributed by atoms with Crippen molar-refractivity contribution >= 4 is 5.91 Å². The highest BCUT2D eigenvalue weighted by Crippen LogP contribution is 2.33. The molecule has 0 aliphatic carbocycles. The van der Waals surface area contributed by atoms with E-state index in [4.69, 9.17) is 0 Å². The molecule has 0 radical (unpaired) electrons. The molecule has 2 heterocycles. The van der Waals surface area contributed by atoms with Gasteiger partial charge in [-0.3, -0.25) is 9.59 Å². The maximum atomic E-state index is 12.6. The second-order valence-electron chi connectivity index (χ2n) is 4.87. The van der Waals surface area contributed by atoms with Gasteiger partial charge < -0.3 is 9.88 Å². The van der Waals surface area contributed by atoms with Crippen molar-refractivity contribution in [3.05, 3.63) is 33.2 Å². The molecule has 1 atom stereocenters. The zero-order valence-electron chi connectivity index (χ0n) is 11.1. The molecule has 0 bridgehead atoms. The zero-order valence-corrected chi connectivity index (χ0v) is 11.1. The first-order chi connectivity index (χ1) is 9.93. The van der Waals surface area contributed by atoms with E-state index in [1.54, 1.807) is 0 Å². The summed E-state index contributed by atoms with van der Waals surface area (Å²) in [5.74, 6) is -2.09. The van der Waals surface area contributed by atoms with E-state index in [0.29, 0.717) is 11.0 Å². The van der Waals surface area contributed by atoms with E-state index in [-0.39, 0.29) is 24.2 Å². The molecule has 4 nitrogen and oxygen atoms in total. The summed E-state index contributed by atoms with van der Waals surface area (Å²) in [5, 5.41) is 0. The Labute approximate surface area is 119 Å². The lowest BCUT2D eigenvalue weighted by Crippen LogP contribution is -2.46. The summed E-state index contributed by atoms with van der Waals surface area (Å²) in [6, 6.07) is -0.548. The van der Waals surface area contributed by atoms with Crippen LogP contribution in [0, 0.1) is 0 Å². The van der Waals surface area contributed by atoms with Gasteiger partial charge in [-0.15, -0.1) is 0 Å². The number of aromatic amines is 1. The number of H-pyrrole nitrogens is 1. The van der Waals surface area contributed by atoms with Gasteiger partial charge in [-0.05, 0) is 25.0 Å². The van der Waals surface area contributed by atoms with Crippen LogP contribution in [-0.4, -0.2) is 28.5 Å². The molecule has 122 valence electrons. The Kier molecular flexibility index (Phi) is 3.74. The minimum Gasteiger partial charge on any atom is -0.326 e. The van der Waals surface area contributed by atoms with Crippen LogP contribution in [-0.2, 0) is 17.4 Å². The Morgan fingerprint density at radius 1 is 1.27 bits per heavy atom. The molecule has 0 spiro atoms. The van der Waals surface area contributed by atoms with Crippen LogP contribution in [0.25, 0.3) is 0 Å². The van der Waals surface area contributed by atoms with Gasteiger partial charge in [0.05, 0.1) is 6.04 Å². The molecule has 1 amide bonds. The van der Waals surface area contributed by atoms with E-state index >= 15 is 0 Å². The van der Waals surface area contributed by atoms with E-state index in [1.165, 1.54) is 6.92 Å². The minimum absolute atomic E-state index is 0.0747. The third-order valence-electron chi connectivity index (χ3n) is 3.47. The van der Waals surface area contributed by atoms with Gasteiger partial charge in [0.15, 0.2) is 0 Å². The number of halogens is 6. The van der Waals surface area contributed by atoms with Crippen molar-refractivity contribution in [3.8, 4) is 0 Å². The highest BCUT2D eigenvalue weighted by atomic mass is 19.4. The molecule has 0 aromatic carbocycles. The second-order valence-corrected chi connectivity index (χ2v) is 4.87. The molecule has 0 saturated carbocycles. The fourth-order valence-electron chi connectivity index (χ4n) is 2.41. The van der Waals surface area contributed by atoms with Crippen LogP contribution in [0.2, 0.25) is 0 Å². The maximum Gasteiger partial charge on any atom is 0.471 e. The lowest BCUT2D eigenvalue weighted by atomic mass is 9.97. The van der Waals surface area contributed by atoms with Crippen LogP contribution < -0.4 is 5.56 Å². The van der Waals surface area contributed by atoms with Crippen molar-refractivity contribution in [2.45, 2.75) is 31.7 Å². The number of fused-ring (bicyclic) bond motifs is 1. The number of hydrogen-bond acceptors (Lipinski definition) is 2. The molecule has 2 rings (SSSR count). The summed E-state index contributed by atoms with van der Waals surface area (Å²) in [5.41, 5.74) is -2.89. The van der Waals surface area contributed by atoms with Crippen LogP contribution in [0.15, 0.2) is 10.9 Å². The van der Waals surface area contributed by atoms with Crippen molar-refractivity contribution in [2.24, 2.45) is 0 Å². The highest BCUT2D eigenvalue weighted by Gasteiger charge is 2.46. The smallest absolute Gasteiger partial charge is 0.326 e. The van der Waals surface area contributed by atoms with Crippen LogP contribution in [0.4, 0.5) is 26.3 Å². The highest BCUT2D eigenvalue weighted by molar-refractivity contribution is 5.82. The molecule has 0 fully saturated rings. The molecule has 1 aliphatic heterocycles. The predicted octanol–water partition coefficient (Wildman–Crippen LogP) is 2.40. The van der Waals surface area contributed by atoms with Crippen molar-refractivity contribution in [1.29, 1.82) is 0 Å². The summed E-state index contributed by atoms with van der Waals surface area (Å²) in [6.07, 6.45) is -10.1. The van der Waals surface area contributed by atoms with E-state index in [1.807, 2.05) is 4.98 Å². The molecule has 1 aromatic heterocycles. The number of carbonyl (C=O) groups is 1. The average Bonchev–Trinajstić information content (AvgIpc) is 2.36. The van der Waals surface area contributed by atoms with Crippen molar-refractivity contribution in [3.63, 3.8) is 0 Å². The summed E-state index contributed by atoms with van der Waals surface area (Å²) >= 11 is 0. The fourth-order valence-corrected chi connectivity index (χ4v) is 2.41. The molecule has 22 heavy (non-hydrogen) atoms. The number of amides is 1. The standard InChI is InChI=1S/C12H10F6N2O2/c1-5-8-6(2-3-20(5)10(22)12(16,17)18)4-7(9(21)19-8)11(13,14)15/h4-5H,2-3H2,1H3,(H,19,21)/t5-/m0/s1. The quantitative estimate of drug-likeness (QED) is 0.744. The summed E-state index contributed by atoms with van der Waals surface area (Å²) in [6.45, 7) is 0.834. The van der Waals surface area contributed by atoms with Crippen molar-refractivity contribution < 1.29 is 31.1 Å². The molecule has 1 aliphatic rings. The van der Waals surface area contributed by atoms with Gasteiger partial charge in [-0.1, -0.05) is 0 Å². The van der Waals surface area contributed by atoms with Gasteiger partial charge in [0.25, 0.3) is 5.56 Å². The molecule has 0 unspecified atom stereocenters. The first-order valence-electron chi connectivity index (χ1n) is 6.14. The number of nitrogens with one attached hydrogen (secondary N) is 1. The van der Waals surface area contributed by atoms with Crippen molar-refractivity contribution in [2.75, 3.05) is 6.54 Å². The molecule has 1 N–H and O–H groups in total. The topological polar surface area (TPSA) is 53.2 Å². The zero-order chi connectivity index (χ0) is 16.9. The summed E-state index contributed by atoms with van der Waals surface area (Å²) in [4.78, 5) is 25.2. The molecular formula is C12H10F6N2O2. The first-order valence-corrected chi connectivity index (χ1v) is 6.14. The number of hydrogen-bond donors (Lipinski definition) is 1. The lowest BCUT2D eigenvalue weighted by molar-refractivity contribution is -0.188. The van der Waals surface area contributed by atoms with Crippen LogP contribution in [0.5, 0.6) is 0 Å². The maximum absolute atomic E-state index is 12.6. The molecular weight excluding hydrogens is 318 g/mol. The van der Waals surface area contributed by atoms with Crippen LogP contribution in [0.3, 0.4) is 0 Å². The average molecular weight is 328 g/mol. The van der Waals surface area contributed by atoms with Gasteiger partial charge in [-0.25, -0.2) is 0 Å². The number of alkyl halides is 6. The Morgan fingerprint density at radius 3 is 2.36 bits per heavy atom. The third-order valence-corrected chi connectivity index (χ3v) is 3.47. The summed E-state index contributed by atoms with van der Waals surface area (Å²) < 4.78 is 75.3. The Balaban J connectivity index is 2.44. The third kappa shape index (κ3) is 2.81. The Hall–Kier alpha value is -2.00. The van der Waals surface area contributed by atoms with Gasteiger partial charge in [0.1, 0.15) is 5.56 Å². The SMILES string of the molecule is C[C@H]1c2[nH]c(=O)c(C(F)(F)F)cc2CCN1C(=O)C(F)(F)F. The number of carbonyl (C=O) groups excluding carboxylic acids is 1. The predicted molar refractivity (Wildman–Crippen MR) is 62.0 cm³/mol. The lowest BCUT2D eigenvalue weighted by Gasteiger charge is -2.35. The first kappa shape index (κ1) is 16.4. The molecule has 10 heteroatoms. The monoisotopic (exact) mass is 328 g/mol. The Morgan fingerprint density at radius 2 is 1.86 bits per heavy atom. The largest absolute Gasteiger partial charge is 0.471 e. The second kappa shape index (κ2) is 5.03. The molecule has 1 aromatic rings. The summed E-state index contributed by atoms with van der Waals surface area (Å²) in [7, 11) is 0. The fraction of sp³-hybridized carbons (Fsp3) is 0.500. The van der Waals surface area contributed by atoms with Crippen LogP contribution in [0.1, 0.15) is 29.8 Å². The van der Waals surface area contributed by atoms with Crippen molar-refractivity contribution in [1.82, 2.24) is 9.88 Å². The van der Waals surface area contributed by atoms with Gasteiger partial charge in [-0.2, -0.15) is 26.3 Å². The van der Waals surface area contributed by atoms with E-state index < -0.39 is 35.4 Å². The van der Waals surface area contributed by atoms with Gasteiger partial charge in [0.2, 0.25) is 0 Å². The number of aromatic nitrogens is 1. The molecule has 0 saturated heterocycles. The minimum atomic E-state index is -5.09. The number of pyridine rings is 1. The number of nitrogens with zero attached hydrogens (tertiary/aromatic N) is 1.